The summed E-state index contributed by atoms with van der Waals surface area (Å²) in [4.78, 5) is 16.4. The van der Waals surface area contributed by atoms with Crippen LogP contribution in [-0.2, 0) is 4.79 Å². The molecule has 0 radical (unpaired) electrons. The second-order valence-corrected chi connectivity index (χ2v) is 7.27. The van der Waals surface area contributed by atoms with Crippen molar-refractivity contribution >= 4 is 17.7 Å². The first-order valence-electron chi connectivity index (χ1n) is 7.75. The molecular weight excluding hydrogens is 327 g/mol. The third-order valence-electron chi connectivity index (χ3n) is 4.16. The van der Waals surface area contributed by atoms with E-state index in [0.29, 0.717) is 6.04 Å². The Bertz CT molecular complexity index is 565. The van der Waals surface area contributed by atoms with Gasteiger partial charge in [-0.15, -0.1) is 0 Å². The third kappa shape index (κ3) is 4.65. The van der Waals surface area contributed by atoms with Crippen molar-refractivity contribution in [1.29, 1.82) is 0 Å². The van der Waals surface area contributed by atoms with Crippen LogP contribution in [-0.4, -0.2) is 33.4 Å². The normalized spacial score (nSPS) is 17.5. The van der Waals surface area contributed by atoms with Crippen molar-refractivity contribution in [3.8, 4) is 0 Å². The molecule has 1 saturated carbocycles. The van der Waals surface area contributed by atoms with Gasteiger partial charge in [0.05, 0.1) is 10.9 Å². The average molecular weight is 349 g/mol. The predicted octanol–water partition coefficient (Wildman–Crippen LogP) is 3.77. The van der Waals surface area contributed by atoms with E-state index in [9.17, 15) is 18.0 Å². The second kappa shape index (κ2) is 7.15. The molecule has 23 heavy (non-hydrogen) atoms. The molecule has 0 aliphatic heterocycles. The van der Waals surface area contributed by atoms with Crippen LogP contribution in [0.4, 0.5) is 13.2 Å². The Labute approximate surface area is 138 Å². The monoisotopic (exact) mass is 349 g/mol. The van der Waals surface area contributed by atoms with Crippen LogP contribution in [0.15, 0.2) is 5.16 Å². The summed E-state index contributed by atoms with van der Waals surface area (Å²) in [6.45, 7) is 4.22. The largest absolute Gasteiger partial charge is 0.405 e. The number of hydrogen-bond donors (Lipinski definition) is 1. The SMILES string of the molecule is Cc1nc(SC(C)C(=O)NCC(F)(F)F)n(C2CCCC2)c1C. The van der Waals surface area contributed by atoms with Crippen molar-refractivity contribution in [2.45, 2.75) is 69.1 Å². The van der Waals surface area contributed by atoms with Gasteiger partial charge in [0.15, 0.2) is 5.16 Å². The summed E-state index contributed by atoms with van der Waals surface area (Å²) in [5.41, 5.74) is 1.98. The Hall–Kier alpha value is -1.18. The highest BCUT2D eigenvalue weighted by Crippen LogP contribution is 2.36. The van der Waals surface area contributed by atoms with Gasteiger partial charge in [0, 0.05) is 11.7 Å². The van der Waals surface area contributed by atoms with Crippen LogP contribution in [0.2, 0.25) is 0 Å². The molecule has 1 N–H and O–H groups in total. The molecule has 1 amide bonds. The van der Waals surface area contributed by atoms with E-state index in [1.807, 2.05) is 19.2 Å². The smallest absolute Gasteiger partial charge is 0.346 e. The van der Waals surface area contributed by atoms with Gasteiger partial charge >= 0.3 is 6.18 Å². The first kappa shape index (κ1) is 18.2. The van der Waals surface area contributed by atoms with Crippen molar-refractivity contribution in [2.24, 2.45) is 0 Å². The van der Waals surface area contributed by atoms with Crippen LogP contribution in [0, 0.1) is 13.8 Å². The Balaban J connectivity index is 2.07. The predicted molar refractivity (Wildman–Crippen MR) is 83.6 cm³/mol. The molecule has 1 fully saturated rings. The molecule has 2 rings (SSSR count). The summed E-state index contributed by atoms with van der Waals surface area (Å²) in [5.74, 6) is -0.622. The number of amides is 1. The van der Waals surface area contributed by atoms with Gasteiger partial charge in [-0.25, -0.2) is 4.98 Å². The van der Waals surface area contributed by atoms with E-state index in [1.54, 1.807) is 6.92 Å². The number of alkyl halides is 3. The fraction of sp³-hybridized carbons (Fsp3) is 0.733. The Morgan fingerprint density at radius 1 is 1.39 bits per heavy atom. The molecule has 1 aliphatic carbocycles. The fourth-order valence-corrected chi connectivity index (χ4v) is 3.91. The van der Waals surface area contributed by atoms with E-state index in [0.717, 1.165) is 29.4 Å². The van der Waals surface area contributed by atoms with E-state index < -0.39 is 23.9 Å². The van der Waals surface area contributed by atoms with Gasteiger partial charge in [-0.3, -0.25) is 4.79 Å². The zero-order valence-corrected chi connectivity index (χ0v) is 14.4. The molecule has 0 aromatic carbocycles. The van der Waals surface area contributed by atoms with Crippen LogP contribution in [0.3, 0.4) is 0 Å². The highest BCUT2D eigenvalue weighted by Gasteiger charge is 2.30. The van der Waals surface area contributed by atoms with E-state index >= 15 is 0 Å². The highest BCUT2D eigenvalue weighted by atomic mass is 32.2. The van der Waals surface area contributed by atoms with Gasteiger partial charge < -0.3 is 9.88 Å². The Morgan fingerprint density at radius 2 is 2.00 bits per heavy atom. The number of imidazole rings is 1. The van der Waals surface area contributed by atoms with Crippen LogP contribution < -0.4 is 5.32 Å². The number of carbonyl (C=O) groups excluding carboxylic acids is 1. The van der Waals surface area contributed by atoms with Crippen LogP contribution in [0.5, 0.6) is 0 Å². The van der Waals surface area contributed by atoms with Crippen LogP contribution in [0.1, 0.15) is 50.0 Å². The summed E-state index contributed by atoms with van der Waals surface area (Å²) < 4.78 is 38.7. The molecule has 1 atom stereocenters. The average Bonchev–Trinajstić information content (AvgIpc) is 3.05. The molecule has 1 heterocycles. The summed E-state index contributed by atoms with van der Waals surface area (Å²) in [7, 11) is 0. The lowest BCUT2D eigenvalue weighted by atomic mass is 10.2. The fourth-order valence-electron chi connectivity index (χ4n) is 2.81. The number of rotatable bonds is 5. The lowest BCUT2D eigenvalue weighted by Crippen LogP contribution is -2.38. The number of nitrogens with zero attached hydrogens (tertiary/aromatic N) is 2. The van der Waals surface area contributed by atoms with Crippen molar-refractivity contribution in [3.05, 3.63) is 11.4 Å². The minimum Gasteiger partial charge on any atom is -0.346 e. The number of aromatic nitrogens is 2. The zero-order chi connectivity index (χ0) is 17.2. The van der Waals surface area contributed by atoms with Gasteiger partial charge in [-0.1, -0.05) is 24.6 Å². The summed E-state index contributed by atoms with van der Waals surface area (Å²) in [6, 6.07) is 0.379. The number of thioether (sulfide) groups is 1. The number of carbonyl (C=O) groups is 1. The summed E-state index contributed by atoms with van der Waals surface area (Å²) in [6.07, 6.45) is 0.118. The Morgan fingerprint density at radius 3 is 2.57 bits per heavy atom. The maximum atomic E-state index is 12.2. The quantitative estimate of drug-likeness (QED) is 0.823. The maximum absolute atomic E-state index is 12.2. The zero-order valence-electron chi connectivity index (χ0n) is 13.5. The van der Waals surface area contributed by atoms with Crippen molar-refractivity contribution in [3.63, 3.8) is 0 Å². The molecular formula is C15H22F3N3OS. The molecule has 1 aromatic rings. The molecule has 0 spiro atoms. The van der Waals surface area contributed by atoms with Crippen LogP contribution >= 0.6 is 11.8 Å². The first-order valence-corrected chi connectivity index (χ1v) is 8.63. The minimum absolute atomic E-state index is 0.379. The lowest BCUT2D eigenvalue weighted by molar-refractivity contribution is -0.137. The second-order valence-electron chi connectivity index (χ2n) is 5.97. The highest BCUT2D eigenvalue weighted by molar-refractivity contribution is 8.00. The first-order chi connectivity index (χ1) is 10.7. The van der Waals surface area contributed by atoms with Crippen molar-refractivity contribution in [1.82, 2.24) is 14.9 Å². The molecule has 1 unspecified atom stereocenters. The van der Waals surface area contributed by atoms with Crippen LogP contribution in [0.25, 0.3) is 0 Å². The van der Waals surface area contributed by atoms with E-state index in [1.165, 1.54) is 24.6 Å². The third-order valence-corrected chi connectivity index (χ3v) is 5.23. The summed E-state index contributed by atoms with van der Waals surface area (Å²) in [5, 5.41) is 2.03. The topological polar surface area (TPSA) is 46.9 Å². The van der Waals surface area contributed by atoms with Gasteiger partial charge in [0.2, 0.25) is 5.91 Å². The van der Waals surface area contributed by atoms with Crippen molar-refractivity contribution in [2.75, 3.05) is 6.54 Å². The lowest BCUT2D eigenvalue weighted by Gasteiger charge is -2.19. The number of aryl methyl sites for hydroxylation is 1. The molecule has 8 heteroatoms. The van der Waals surface area contributed by atoms with E-state index in [4.69, 9.17) is 0 Å². The standard InChI is InChI=1S/C15H22F3N3OS/c1-9-10(2)21(12-6-4-5-7-12)14(20-9)23-11(3)13(22)19-8-15(16,17)18/h11-12H,4-8H2,1-3H3,(H,19,22). The van der Waals surface area contributed by atoms with Gasteiger partial charge in [0.25, 0.3) is 0 Å². The molecule has 0 bridgehead atoms. The Kier molecular flexibility index (Phi) is 5.65. The number of hydrogen-bond acceptors (Lipinski definition) is 3. The molecule has 1 aliphatic rings. The van der Waals surface area contributed by atoms with Gasteiger partial charge in [-0.05, 0) is 33.6 Å². The minimum atomic E-state index is -4.39. The van der Waals surface area contributed by atoms with Gasteiger partial charge in [0.1, 0.15) is 6.54 Å². The maximum Gasteiger partial charge on any atom is 0.405 e. The molecule has 4 nitrogen and oxygen atoms in total. The van der Waals surface area contributed by atoms with Crippen molar-refractivity contribution < 1.29 is 18.0 Å². The summed E-state index contributed by atoms with van der Waals surface area (Å²) >= 11 is 1.22. The van der Waals surface area contributed by atoms with E-state index in [2.05, 4.69) is 9.55 Å². The molecule has 0 saturated heterocycles. The van der Waals surface area contributed by atoms with Gasteiger partial charge in [-0.2, -0.15) is 13.2 Å². The molecule has 1 aromatic heterocycles. The number of nitrogens with one attached hydrogen (secondary N) is 1. The molecule has 130 valence electrons. The number of halogens is 3. The van der Waals surface area contributed by atoms with E-state index in [-0.39, 0.29) is 0 Å².